The lowest BCUT2D eigenvalue weighted by atomic mass is 10.0. The molecule has 0 atom stereocenters. The van der Waals surface area contributed by atoms with Crippen LogP contribution in [0.3, 0.4) is 0 Å². The van der Waals surface area contributed by atoms with E-state index in [9.17, 15) is 14.9 Å². The van der Waals surface area contributed by atoms with Crippen LogP contribution in [0.25, 0.3) is 10.8 Å². The van der Waals surface area contributed by atoms with Gasteiger partial charge in [-0.05, 0) is 29.3 Å². The Hall–Kier alpha value is -3.58. The number of anilines is 1. The van der Waals surface area contributed by atoms with Crippen LogP contribution in [0.1, 0.15) is 21.1 Å². The van der Waals surface area contributed by atoms with Crippen LogP contribution in [0.2, 0.25) is 0 Å². The zero-order valence-electron chi connectivity index (χ0n) is 16.3. The lowest BCUT2D eigenvalue weighted by Gasteiger charge is -2.05. The minimum atomic E-state index is -0.484. The minimum Gasteiger partial charge on any atom is -0.326 e. The maximum atomic E-state index is 12.5. The fourth-order valence-electron chi connectivity index (χ4n) is 3.39. The van der Waals surface area contributed by atoms with E-state index < -0.39 is 4.92 Å². The molecule has 1 amide bonds. The van der Waals surface area contributed by atoms with Gasteiger partial charge in [-0.15, -0.1) is 11.3 Å². The van der Waals surface area contributed by atoms with Crippen LogP contribution in [0, 0.1) is 17.0 Å². The van der Waals surface area contributed by atoms with E-state index in [0.717, 1.165) is 15.6 Å². The number of rotatable bonds is 6. The summed E-state index contributed by atoms with van der Waals surface area (Å²) in [6.07, 6.45) is 0.890. The molecule has 30 heavy (non-hydrogen) atoms. The Morgan fingerprint density at radius 1 is 1.10 bits per heavy atom. The summed E-state index contributed by atoms with van der Waals surface area (Å²) >= 11 is 1.53. The number of hydrogen-bond acceptors (Lipinski definition) is 5. The second-order valence-electron chi connectivity index (χ2n) is 6.96. The molecule has 0 saturated carbocycles. The summed E-state index contributed by atoms with van der Waals surface area (Å²) in [7, 11) is 0. The first kappa shape index (κ1) is 19.7. The number of benzene rings is 3. The maximum Gasteiger partial charge on any atom is 0.271 e. The van der Waals surface area contributed by atoms with Gasteiger partial charge < -0.3 is 5.32 Å². The summed E-state index contributed by atoms with van der Waals surface area (Å²) in [4.78, 5) is 28.4. The van der Waals surface area contributed by atoms with E-state index in [0.29, 0.717) is 12.1 Å². The van der Waals surface area contributed by atoms with Gasteiger partial charge in [-0.2, -0.15) is 0 Å². The summed E-state index contributed by atoms with van der Waals surface area (Å²) in [6.45, 7) is 1.90. The molecule has 0 bridgehead atoms. The van der Waals surface area contributed by atoms with Crippen molar-refractivity contribution < 1.29 is 9.72 Å². The largest absolute Gasteiger partial charge is 0.326 e. The SMILES string of the molecule is Cc1nc(Cc2cccc3ccccc23)sc1CC(=O)Nc1cccc([N+](=O)[O-])c1. The van der Waals surface area contributed by atoms with Gasteiger partial charge in [-0.1, -0.05) is 48.5 Å². The number of nitro groups is 1. The molecule has 4 aromatic rings. The van der Waals surface area contributed by atoms with Crippen molar-refractivity contribution in [2.24, 2.45) is 0 Å². The second-order valence-corrected chi connectivity index (χ2v) is 8.13. The molecular formula is C23H19N3O3S. The minimum absolute atomic E-state index is 0.0563. The summed E-state index contributed by atoms with van der Waals surface area (Å²) in [5, 5.41) is 17.0. The number of nitrogens with one attached hydrogen (secondary N) is 1. The lowest BCUT2D eigenvalue weighted by molar-refractivity contribution is -0.384. The molecule has 0 aliphatic heterocycles. The van der Waals surface area contributed by atoms with Crippen LogP contribution in [0.15, 0.2) is 66.7 Å². The fourth-order valence-corrected chi connectivity index (χ4v) is 4.48. The Morgan fingerprint density at radius 2 is 1.87 bits per heavy atom. The van der Waals surface area contributed by atoms with E-state index in [2.05, 4.69) is 34.6 Å². The van der Waals surface area contributed by atoms with Crippen LogP contribution in [0.5, 0.6) is 0 Å². The molecule has 0 unspecified atom stereocenters. The third-order valence-electron chi connectivity index (χ3n) is 4.82. The highest BCUT2D eigenvalue weighted by Gasteiger charge is 2.14. The first-order valence-electron chi connectivity index (χ1n) is 9.46. The van der Waals surface area contributed by atoms with E-state index in [1.165, 1.54) is 39.8 Å². The molecule has 1 aromatic heterocycles. The number of nitrogens with zero attached hydrogens (tertiary/aromatic N) is 2. The number of thiazole rings is 1. The molecule has 7 heteroatoms. The average Bonchev–Trinajstić information content (AvgIpc) is 3.07. The Morgan fingerprint density at radius 3 is 2.70 bits per heavy atom. The molecule has 0 spiro atoms. The summed E-state index contributed by atoms with van der Waals surface area (Å²) < 4.78 is 0. The van der Waals surface area contributed by atoms with E-state index >= 15 is 0 Å². The Kier molecular flexibility index (Phi) is 5.54. The van der Waals surface area contributed by atoms with E-state index in [1.54, 1.807) is 12.1 Å². The normalized spacial score (nSPS) is 10.8. The number of amides is 1. The Balaban J connectivity index is 1.48. The van der Waals surface area contributed by atoms with Crippen LogP contribution in [0.4, 0.5) is 11.4 Å². The number of non-ortho nitro benzene ring substituents is 1. The molecule has 4 rings (SSSR count). The van der Waals surface area contributed by atoms with E-state index in [4.69, 9.17) is 0 Å². The van der Waals surface area contributed by atoms with Crippen molar-refractivity contribution in [2.75, 3.05) is 5.32 Å². The number of carbonyl (C=O) groups excluding carboxylic acids is 1. The molecule has 0 fully saturated rings. The molecule has 1 heterocycles. The number of nitro benzene ring substituents is 1. The van der Waals surface area contributed by atoms with Crippen LogP contribution >= 0.6 is 11.3 Å². The topological polar surface area (TPSA) is 85.1 Å². The standard InChI is InChI=1S/C23H19N3O3S/c1-15-21(14-22(27)25-18-9-5-10-19(13-18)26(28)29)30-23(24-15)12-17-8-4-7-16-6-2-3-11-20(16)17/h2-11,13H,12,14H2,1H3,(H,25,27). The monoisotopic (exact) mass is 417 g/mol. The van der Waals surface area contributed by atoms with Crippen molar-refractivity contribution in [3.8, 4) is 0 Å². The molecule has 6 nitrogen and oxygen atoms in total. The molecule has 1 N–H and O–H groups in total. The molecule has 3 aromatic carbocycles. The van der Waals surface area contributed by atoms with Crippen molar-refractivity contribution >= 4 is 39.4 Å². The smallest absolute Gasteiger partial charge is 0.271 e. The molecular weight excluding hydrogens is 398 g/mol. The molecule has 0 radical (unpaired) electrons. The van der Waals surface area contributed by atoms with E-state index in [1.807, 2.05) is 25.1 Å². The van der Waals surface area contributed by atoms with Crippen LogP contribution < -0.4 is 5.32 Å². The quantitative estimate of drug-likeness (QED) is 0.341. The first-order chi connectivity index (χ1) is 14.5. The van der Waals surface area contributed by atoms with Gasteiger partial charge in [0, 0.05) is 29.1 Å². The van der Waals surface area contributed by atoms with E-state index in [-0.39, 0.29) is 18.0 Å². The molecule has 0 saturated heterocycles. The van der Waals surface area contributed by atoms with Gasteiger partial charge in [0.15, 0.2) is 0 Å². The van der Waals surface area contributed by atoms with Gasteiger partial charge >= 0.3 is 0 Å². The number of hydrogen-bond donors (Lipinski definition) is 1. The third kappa shape index (κ3) is 4.36. The second kappa shape index (κ2) is 8.42. The number of carbonyl (C=O) groups is 1. The highest BCUT2D eigenvalue weighted by molar-refractivity contribution is 7.11. The number of fused-ring (bicyclic) bond motifs is 1. The molecule has 150 valence electrons. The highest BCUT2D eigenvalue weighted by Crippen LogP contribution is 2.26. The summed E-state index contributed by atoms with van der Waals surface area (Å²) in [6, 6.07) is 20.4. The highest BCUT2D eigenvalue weighted by atomic mass is 32.1. The van der Waals surface area contributed by atoms with Gasteiger partial charge in [0.05, 0.1) is 22.0 Å². The van der Waals surface area contributed by atoms with Crippen LogP contribution in [-0.4, -0.2) is 15.8 Å². The van der Waals surface area contributed by atoms with Gasteiger partial charge in [-0.3, -0.25) is 14.9 Å². The zero-order chi connectivity index (χ0) is 21.1. The Bertz CT molecular complexity index is 1240. The lowest BCUT2D eigenvalue weighted by Crippen LogP contribution is -2.14. The van der Waals surface area contributed by atoms with Crippen molar-refractivity contribution in [1.82, 2.24) is 4.98 Å². The number of aromatic nitrogens is 1. The summed E-state index contributed by atoms with van der Waals surface area (Å²) in [5.74, 6) is -0.223. The third-order valence-corrected chi connectivity index (χ3v) is 5.98. The summed E-state index contributed by atoms with van der Waals surface area (Å²) in [5.41, 5.74) is 2.39. The maximum absolute atomic E-state index is 12.5. The predicted molar refractivity (Wildman–Crippen MR) is 119 cm³/mol. The van der Waals surface area contributed by atoms with Crippen molar-refractivity contribution in [3.63, 3.8) is 0 Å². The Labute approximate surface area is 177 Å². The van der Waals surface area contributed by atoms with Gasteiger partial charge in [-0.25, -0.2) is 4.98 Å². The van der Waals surface area contributed by atoms with Crippen molar-refractivity contribution in [3.05, 3.63) is 98.0 Å². The van der Waals surface area contributed by atoms with Crippen LogP contribution in [-0.2, 0) is 17.6 Å². The van der Waals surface area contributed by atoms with Crippen molar-refractivity contribution in [2.45, 2.75) is 19.8 Å². The van der Waals surface area contributed by atoms with Gasteiger partial charge in [0.2, 0.25) is 5.91 Å². The van der Waals surface area contributed by atoms with Gasteiger partial charge in [0.1, 0.15) is 0 Å². The van der Waals surface area contributed by atoms with Crippen molar-refractivity contribution in [1.29, 1.82) is 0 Å². The number of aryl methyl sites for hydroxylation is 1. The molecule has 0 aliphatic carbocycles. The predicted octanol–water partition coefficient (Wildman–Crippen LogP) is 5.28. The molecule has 0 aliphatic rings. The fraction of sp³-hybridized carbons (Fsp3) is 0.130. The zero-order valence-corrected chi connectivity index (χ0v) is 17.1. The first-order valence-corrected chi connectivity index (χ1v) is 10.3. The average molecular weight is 417 g/mol. The van der Waals surface area contributed by atoms with Gasteiger partial charge in [0.25, 0.3) is 5.69 Å².